The number of pyridine rings is 1. The van der Waals surface area contributed by atoms with Crippen LogP contribution in [0.15, 0.2) is 54.7 Å². The first-order valence-corrected chi connectivity index (χ1v) is 19.1. The maximum atomic E-state index is 15.2. The van der Waals surface area contributed by atoms with Crippen LogP contribution in [-0.4, -0.2) is 93.1 Å². The average molecular weight is 775 g/mol. The number of amides is 4. The van der Waals surface area contributed by atoms with Crippen LogP contribution in [0.25, 0.3) is 10.9 Å². The number of imide groups is 1. The number of benzene rings is 2. The van der Waals surface area contributed by atoms with Gasteiger partial charge in [-0.3, -0.25) is 34.1 Å². The molecule has 5 heterocycles. The van der Waals surface area contributed by atoms with Crippen LogP contribution in [-0.2, 0) is 14.4 Å². The number of halogens is 3. The van der Waals surface area contributed by atoms with Crippen LogP contribution in [0.4, 0.5) is 24.7 Å². The topological polar surface area (TPSA) is 151 Å². The van der Waals surface area contributed by atoms with Crippen molar-refractivity contribution in [2.24, 2.45) is 0 Å². The Balaban J connectivity index is 0.914. The molecular weight excluding hydrogens is 729 g/mol. The van der Waals surface area contributed by atoms with E-state index in [0.717, 1.165) is 12.8 Å². The van der Waals surface area contributed by atoms with Crippen molar-refractivity contribution in [3.05, 3.63) is 77.4 Å². The summed E-state index contributed by atoms with van der Waals surface area (Å²) in [5.41, 5.74) is 1.54. The Hall–Kier alpha value is -5.51. The zero-order valence-corrected chi connectivity index (χ0v) is 31.3. The summed E-state index contributed by atoms with van der Waals surface area (Å²) in [4.78, 5) is 58.1. The summed E-state index contributed by atoms with van der Waals surface area (Å²) >= 11 is 0. The van der Waals surface area contributed by atoms with Crippen molar-refractivity contribution in [3.63, 3.8) is 0 Å². The van der Waals surface area contributed by atoms with Gasteiger partial charge in [0.05, 0.1) is 29.8 Å². The van der Waals surface area contributed by atoms with Crippen LogP contribution in [0, 0.1) is 5.82 Å². The number of anilines is 2. The molecule has 4 aromatic rings. The molecule has 3 N–H and O–H groups in total. The van der Waals surface area contributed by atoms with Crippen LogP contribution >= 0.6 is 0 Å². The van der Waals surface area contributed by atoms with Gasteiger partial charge in [0.15, 0.2) is 0 Å². The van der Waals surface area contributed by atoms with E-state index in [1.807, 2.05) is 29.6 Å². The number of nitrogens with one attached hydrogen (secondary N) is 3. The smallest absolute Gasteiger partial charge is 0.280 e. The van der Waals surface area contributed by atoms with Gasteiger partial charge >= 0.3 is 0 Å². The maximum Gasteiger partial charge on any atom is 0.280 e. The summed E-state index contributed by atoms with van der Waals surface area (Å²) < 4.78 is 49.4. The maximum absolute atomic E-state index is 15.2. The predicted octanol–water partition coefficient (Wildman–Crippen LogP) is 5.81. The van der Waals surface area contributed by atoms with Crippen LogP contribution < -0.4 is 20.7 Å². The van der Waals surface area contributed by atoms with E-state index < -0.39 is 30.0 Å². The quantitative estimate of drug-likeness (QED) is 0.161. The van der Waals surface area contributed by atoms with Crippen LogP contribution in [0.3, 0.4) is 0 Å². The molecule has 13 nitrogen and oxygen atoms in total. The van der Waals surface area contributed by atoms with E-state index in [1.54, 1.807) is 24.3 Å². The van der Waals surface area contributed by atoms with Crippen LogP contribution in [0.2, 0.25) is 0 Å². The Morgan fingerprint density at radius 1 is 0.982 bits per heavy atom. The minimum absolute atomic E-state index is 0.00507. The fourth-order valence-corrected chi connectivity index (χ4v) is 7.67. The molecule has 2 aromatic heterocycles. The highest BCUT2D eigenvalue weighted by Gasteiger charge is 2.30. The van der Waals surface area contributed by atoms with Gasteiger partial charge in [-0.05, 0) is 101 Å². The van der Waals surface area contributed by atoms with Gasteiger partial charge in [-0.1, -0.05) is 12.1 Å². The van der Waals surface area contributed by atoms with E-state index in [0.29, 0.717) is 79.9 Å². The minimum Gasteiger partial charge on any atom is -0.490 e. The molecule has 0 radical (unpaired) electrons. The second kappa shape index (κ2) is 16.7. The molecule has 0 saturated carbocycles. The molecule has 7 rings (SSSR count). The molecule has 3 aliphatic rings. The van der Waals surface area contributed by atoms with Crippen molar-refractivity contribution in [1.82, 2.24) is 29.9 Å². The number of aromatic nitrogens is 3. The normalized spacial score (nSPS) is 18.8. The SMILES string of the molecule is CC(C)Oc1cc2nn(C3CCN(C(=O)CN4CCC(c5ccc(NC6CCC(=O)NC6=O)cc5F)CC4)CC3)cc2cc1C(=O)Nc1cccc(C(F)F)n1. The number of fused-ring (bicyclic) bond motifs is 1. The van der Waals surface area contributed by atoms with E-state index in [-0.39, 0.29) is 53.5 Å². The fourth-order valence-electron chi connectivity index (χ4n) is 7.67. The number of hydrogen-bond acceptors (Lipinski definition) is 9. The molecule has 1 atom stereocenters. The largest absolute Gasteiger partial charge is 0.490 e. The number of hydrogen-bond donors (Lipinski definition) is 3. The average Bonchev–Trinajstić information content (AvgIpc) is 3.59. The third kappa shape index (κ3) is 8.96. The highest BCUT2D eigenvalue weighted by Crippen LogP contribution is 2.33. The number of rotatable bonds is 11. The highest BCUT2D eigenvalue weighted by atomic mass is 19.3. The summed E-state index contributed by atoms with van der Waals surface area (Å²) in [5, 5.41) is 13.4. The summed E-state index contributed by atoms with van der Waals surface area (Å²) in [6, 6.07) is 11.8. The first-order chi connectivity index (χ1) is 26.9. The van der Waals surface area contributed by atoms with Gasteiger partial charge in [0.1, 0.15) is 29.1 Å². The van der Waals surface area contributed by atoms with Gasteiger partial charge in [0.25, 0.3) is 12.3 Å². The molecule has 3 fully saturated rings. The molecule has 56 heavy (non-hydrogen) atoms. The lowest BCUT2D eigenvalue weighted by Crippen LogP contribution is -2.47. The number of carbonyl (C=O) groups is 4. The third-order valence-electron chi connectivity index (χ3n) is 10.6. The molecule has 0 aliphatic carbocycles. The minimum atomic E-state index is -2.77. The monoisotopic (exact) mass is 774 g/mol. The molecule has 296 valence electrons. The number of carbonyl (C=O) groups excluding carboxylic acids is 4. The first-order valence-electron chi connectivity index (χ1n) is 19.1. The van der Waals surface area contributed by atoms with Gasteiger partial charge in [-0.25, -0.2) is 18.2 Å². The van der Waals surface area contributed by atoms with Gasteiger partial charge < -0.3 is 20.3 Å². The molecule has 3 aliphatic heterocycles. The van der Waals surface area contributed by atoms with E-state index in [9.17, 15) is 28.0 Å². The van der Waals surface area contributed by atoms with E-state index in [2.05, 4.69) is 25.8 Å². The number of likely N-dealkylation sites (tertiary alicyclic amines) is 2. The van der Waals surface area contributed by atoms with Gasteiger partial charge in [-0.15, -0.1) is 0 Å². The van der Waals surface area contributed by atoms with E-state index in [4.69, 9.17) is 9.84 Å². The molecule has 0 spiro atoms. The summed E-state index contributed by atoms with van der Waals surface area (Å²) in [6.07, 6.45) is 2.29. The molecule has 16 heteroatoms. The van der Waals surface area contributed by atoms with Crippen LogP contribution in [0.1, 0.15) is 92.4 Å². The molecule has 1 unspecified atom stereocenters. The Morgan fingerprint density at radius 2 is 1.75 bits per heavy atom. The zero-order chi connectivity index (χ0) is 39.5. The third-order valence-corrected chi connectivity index (χ3v) is 10.6. The van der Waals surface area contributed by atoms with Crippen molar-refractivity contribution in [1.29, 1.82) is 0 Å². The first kappa shape index (κ1) is 38.8. The van der Waals surface area contributed by atoms with Crippen molar-refractivity contribution in [3.8, 4) is 5.75 Å². The standard InChI is InChI=1S/C40H45F3N8O5/c1-23(2)56-34-20-33-25(18-29(34)39(54)46-35-5-3-4-31(45-35)38(42)43)21-51(48-33)27-12-16-50(17-13-27)37(53)22-49-14-10-24(11-15-49)28-7-6-26(19-30(28)41)44-32-8-9-36(52)47-40(32)55/h3-7,18-21,23-24,27,32,38,44H,8-17,22H2,1-2H3,(H,45,46,54)(H,47,52,55). The Bertz CT molecular complexity index is 2110. The predicted molar refractivity (Wildman–Crippen MR) is 202 cm³/mol. The Morgan fingerprint density at radius 3 is 2.45 bits per heavy atom. The lowest BCUT2D eigenvalue weighted by atomic mass is 9.89. The van der Waals surface area contributed by atoms with Crippen LogP contribution in [0.5, 0.6) is 5.75 Å². The molecule has 0 bridgehead atoms. The lowest BCUT2D eigenvalue weighted by Gasteiger charge is -2.36. The van der Waals surface area contributed by atoms with Gasteiger partial charge in [-0.2, -0.15) is 5.10 Å². The zero-order valence-electron chi connectivity index (χ0n) is 31.3. The van der Waals surface area contributed by atoms with Gasteiger partial charge in [0.2, 0.25) is 17.7 Å². The second-order valence-electron chi connectivity index (χ2n) is 14.9. The Kier molecular flexibility index (Phi) is 11.6. The number of ether oxygens (including phenoxy) is 1. The lowest BCUT2D eigenvalue weighted by molar-refractivity contribution is -0.135. The number of piperidine rings is 3. The van der Waals surface area contributed by atoms with E-state index >= 15 is 4.39 Å². The molecular formula is C40H45F3N8O5. The van der Waals surface area contributed by atoms with Crippen molar-refractivity contribution >= 4 is 46.0 Å². The Labute approximate surface area is 321 Å². The second-order valence-corrected chi connectivity index (χ2v) is 14.9. The fraction of sp³-hybridized carbons (Fsp3) is 0.450. The summed E-state index contributed by atoms with van der Waals surface area (Å²) in [5.74, 6) is -1.20. The summed E-state index contributed by atoms with van der Waals surface area (Å²) in [7, 11) is 0. The number of nitrogens with zero attached hydrogens (tertiary/aromatic N) is 5. The van der Waals surface area contributed by atoms with E-state index in [1.165, 1.54) is 24.3 Å². The molecule has 2 aromatic carbocycles. The summed E-state index contributed by atoms with van der Waals surface area (Å²) in [6.45, 7) is 6.45. The van der Waals surface area contributed by atoms with Crippen molar-refractivity contribution in [2.75, 3.05) is 43.4 Å². The molecule has 3 saturated heterocycles. The number of alkyl halides is 2. The van der Waals surface area contributed by atoms with Gasteiger partial charge in [0, 0.05) is 42.8 Å². The van der Waals surface area contributed by atoms with Crippen molar-refractivity contribution in [2.45, 2.75) is 82.9 Å². The van der Waals surface area contributed by atoms with Crippen molar-refractivity contribution < 1.29 is 37.1 Å². The molecule has 4 amide bonds. The highest BCUT2D eigenvalue weighted by molar-refractivity contribution is 6.08.